The summed E-state index contributed by atoms with van der Waals surface area (Å²) >= 11 is 7.51. The third-order valence-corrected chi connectivity index (χ3v) is 8.67. The number of fused-ring (bicyclic) bond motifs is 1. The van der Waals surface area contributed by atoms with Gasteiger partial charge in [0.2, 0.25) is 0 Å². The molecule has 7 rings (SSSR count). The molecule has 0 unspecified atom stereocenters. The zero-order valence-corrected chi connectivity index (χ0v) is 24.6. The van der Waals surface area contributed by atoms with Crippen LogP contribution >= 0.6 is 22.9 Å². The molecule has 0 spiro atoms. The van der Waals surface area contributed by atoms with Gasteiger partial charge in [0.25, 0.3) is 11.5 Å². The number of hydrogen-bond acceptors (Lipinski definition) is 11. The third-order valence-electron chi connectivity index (χ3n) is 7.52. The van der Waals surface area contributed by atoms with Gasteiger partial charge in [-0.3, -0.25) is 14.2 Å². The highest BCUT2D eigenvalue weighted by molar-refractivity contribution is 7.12. The Morgan fingerprint density at radius 1 is 1.18 bits per heavy atom. The monoisotopic (exact) mass is 633 g/mol. The van der Waals surface area contributed by atoms with Gasteiger partial charge in [0.1, 0.15) is 22.9 Å². The molecular formula is C28H24ClN9O5S. The van der Waals surface area contributed by atoms with E-state index in [4.69, 9.17) is 26.1 Å². The van der Waals surface area contributed by atoms with Crippen LogP contribution in [0.25, 0.3) is 28.2 Å². The summed E-state index contributed by atoms with van der Waals surface area (Å²) in [7, 11) is 0. The van der Waals surface area contributed by atoms with Crippen molar-refractivity contribution in [2.75, 3.05) is 32.9 Å². The predicted octanol–water partition coefficient (Wildman–Crippen LogP) is 2.54. The number of benzene rings is 1. The van der Waals surface area contributed by atoms with Crippen molar-refractivity contribution in [2.45, 2.75) is 18.9 Å². The van der Waals surface area contributed by atoms with Gasteiger partial charge in [-0.1, -0.05) is 11.6 Å². The number of thiophene rings is 1. The summed E-state index contributed by atoms with van der Waals surface area (Å²) in [6.07, 6.45) is 4.34. The van der Waals surface area contributed by atoms with E-state index in [2.05, 4.69) is 25.5 Å². The van der Waals surface area contributed by atoms with Gasteiger partial charge in [-0.25, -0.2) is 14.8 Å². The summed E-state index contributed by atoms with van der Waals surface area (Å²) in [5.74, 6) is 0.429. The highest BCUT2D eigenvalue weighted by Crippen LogP contribution is 2.33. The lowest BCUT2D eigenvalue weighted by Gasteiger charge is -2.26. The van der Waals surface area contributed by atoms with Crippen LogP contribution in [0.15, 0.2) is 53.0 Å². The third kappa shape index (κ3) is 5.40. The van der Waals surface area contributed by atoms with E-state index in [9.17, 15) is 14.4 Å². The molecule has 2 aliphatic rings. The molecule has 224 valence electrons. The van der Waals surface area contributed by atoms with Gasteiger partial charge in [-0.15, -0.1) is 16.4 Å². The van der Waals surface area contributed by atoms with Crippen molar-refractivity contribution in [2.24, 2.45) is 0 Å². The molecule has 14 nitrogen and oxygen atoms in total. The van der Waals surface area contributed by atoms with Crippen molar-refractivity contribution >= 4 is 34.8 Å². The summed E-state index contributed by atoms with van der Waals surface area (Å²) in [6, 6.07) is 8.06. The minimum Gasteiger partial charge on any atom is -0.451 e. The van der Waals surface area contributed by atoms with E-state index >= 15 is 0 Å². The van der Waals surface area contributed by atoms with E-state index in [0.29, 0.717) is 83.3 Å². The zero-order valence-electron chi connectivity index (χ0n) is 23.1. The Kier molecular flexibility index (Phi) is 7.49. The van der Waals surface area contributed by atoms with E-state index in [-0.39, 0.29) is 24.1 Å². The van der Waals surface area contributed by atoms with Crippen molar-refractivity contribution in [1.29, 1.82) is 0 Å². The van der Waals surface area contributed by atoms with Crippen LogP contribution in [0, 0.1) is 0 Å². The van der Waals surface area contributed by atoms with Gasteiger partial charge in [0, 0.05) is 47.1 Å². The number of hydrogen-bond donors (Lipinski definition) is 1. The lowest BCUT2D eigenvalue weighted by Crippen LogP contribution is -2.42. The van der Waals surface area contributed by atoms with Gasteiger partial charge in [0.15, 0.2) is 6.61 Å². The topological polar surface area (TPSA) is 163 Å². The van der Waals surface area contributed by atoms with Gasteiger partial charge < -0.3 is 19.4 Å². The molecule has 1 atom stereocenters. The van der Waals surface area contributed by atoms with Crippen LogP contribution in [0.2, 0.25) is 5.02 Å². The first-order chi connectivity index (χ1) is 21.4. The second-order valence-corrected chi connectivity index (χ2v) is 11.5. The molecule has 0 aliphatic carbocycles. The van der Waals surface area contributed by atoms with E-state index < -0.39 is 5.97 Å². The number of aromatic amines is 1. The molecule has 6 heterocycles. The van der Waals surface area contributed by atoms with E-state index in [0.717, 1.165) is 5.56 Å². The normalized spacial score (nSPS) is 16.2. The molecule has 1 N–H and O–H groups in total. The number of nitrogens with zero attached hydrogens (tertiary/aromatic N) is 8. The largest absolute Gasteiger partial charge is 0.451 e. The Hall–Kier alpha value is -4.73. The molecular weight excluding hydrogens is 610 g/mol. The first-order valence-electron chi connectivity index (χ1n) is 13.8. The number of esters is 1. The van der Waals surface area contributed by atoms with Crippen LogP contribution in [-0.4, -0.2) is 89.4 Å². The second kappa shape index (κ2) is 11.7. The fourth-order valence-corrected chi connectivity index (χ4v) is 6.34. The van der Waals surface area contributed by atoms with Crippen molar-refractivity contribution in [3.05, 3.63) is 80.1 Å². The Morgan fingerprint density at radius 3 is 2.86 bits per heavy atom. The van der Waals surface area contributed by atoms with E-state index in [1.807, 2.05) is 5.38 Å². The molecule has 1 aromatic carbocycles. The average Bonchev–Trinajstić information content (AvgIpc) is 3.86. The number of rotatable bonds is 7. The van der Waals surface area contributed by atoms with Crippen LogP contribution < -0.4 is 5.56 Å². The van der Waals surface area contributed by atoms with Gasteiger partial charge in [-0.2, -0.15) is 4.68 Å². The van der Waals surface area contributed by atoms with Gasteiger partial charge in [0.05, 0.1) is 42.5 Å². The summed E-state index contributed by atoms with van der Waals surface area (Å²) in [5, 5.41) is 13.7. The molecule has 1 amide bonds. The smallest absolute Gasteiger partial charge is 0.348 e. The molecule has 1 fully saturated rings. The number of carbonyl (C=O) groups excluding carboxylic acids is 2. The van der Waals surface area contributed by atoms with Crippen LogP contribution in [0.4, 0.5) is 0 Å². The number of nitrogens with one attached hydrogen (secondary N) is 1. The number of ether oxygens (including phenoxy) is 2. The molecule has 16 heteroatoms. The number of amides is 1. The van der Waals surface area contributed by atoms with Crippen LogP contribution in [0.5, 0.6) is 0 Å². The standard InChI is InChI=1S/C28H24ClN9O5S/c29-17-1-2-21(37-15-31-34-35-37)18(10-17)19-11-25(39)38-22(3-4-24(38)32-19)27-30-12-20(33-27)16-9-23(44-14-16)28(41)43-13-26(40)36-5-7-42-8-6-36/h1-2,9-12,14-15,22H,3-8,13H2,(H,30,33)/t22-/m0/s1. The lowest BCUT2D eigenvalue weighted by atomic mass is 10.1. The highest BCUT2D eigenvalue weighted by atomic mass is 35.5. The maximum absolute atomic E-state index is 13.5. The van der Waals surface area contributed by atoms with Crippen LogP contribution in [-0.2, 0) is 20.7 Å². The Balaban J connectivity index is 1.08. The van der Waals surface area contributed by atoms with E-state index in [1.165, 1.54) is 28.4 Å². The lowest BCUT2D eigenvalue weighted by molar-refractivity contribution is -0.138. The van der Waals surface area contributed by atoms with Crippen molar-refractivity contribution in [3.63, 3.8) is 0 Å². The fraction of sp³-hybridized carbons (Fsp3) is 0.286. The van der Waals surface area contributed by atoms with E-state index in [1.54, 1.807) is 39.9 Å². The summed E-state index contributed by atoms with van der Waals surface area (Å²) < 4.78 is 13.6. The highest BCUT2D eigenvalue weighted by Gasteiger charge is 2.29. The number of halogens is 1. The number of H-pyrrole nitrogens is 1. The summed E-state index contributed by atoms with van der Waals surface area (Å²) in [4.78, 5) is 53.0. The number of imidazole rings is 1. The summed E-state index contributed by atoms with van der Waals surface area (Å²) in [5.41, 5.74) is 2.96. The Labute approximate surface area is 258 Å². The minimum atomic E-state index is -0.566. The van der Waals surface area contributed by atoms with Crippen molar-refractivity contribution in [3.8, 4) is 28.2 Å². The number of tetrazole rings is 1. The average molecular weight is 634 g/mol. The molecule has 5 aromatic rings. The maximum atomic E-state index is 13.5. The van der Waals surface area contributed by atoms with Gasteiger partial charge >= 0.3 is 5.97 Å². The first kappa shape index (κ1) is 28.1. The number of carbonyl (C=O) groups is 2. The number of morpholine rings is 1. The van der Waals surface area contributed by atoms with Crippen molar-refractivity contribution in [1.82, 2.24) is 44.6 Å². The van der Waals surface area contributed by atoms with Crippen LogP contribution in [0.3, 0.4) is 0 Å². The molecule has 0 bridgehead atoms. The minimum absolute atomic E-state index is 0.222. The Morgan fingerprint density at radius 2 is 2.05 bits per heavy atom. The molecule has 2 aliphatic heterocycles. The van der Waals surface area contributed by atoms with Crippen LogP contribution in [0.1, 0.15) is 33.8 Å². The molecule has 0 saturated carbocycles. The first-order valence-corrected chi connectivity index (χ1v) is 15.0. The number of aryl methyl sites for hydroxylation is 1. The summed E-state index contributed by atoms with van der Waals surface area (Å²) in [6.45, 7) is 1.61. The number of aromatic nitrogens is 8. The molecule has 1 saturated heterocycles. The Bertz CT molecular complexity index is 1910. The molecule has 44 heavy (non-hydrogen) atoms. The quantitative estimate of drug-likeness (QED) is 0.264. The maximum Gasteiger partial charge on any atom is 0.348 e. The predicted molar refractivity (Wildman–Crippen MR) is 158 cm³/mol. The van der Waals surface area contributed by atoms with Gasteiger partial charge in [-0.05, 0) is 41.1 Å². The van der Waals surface area contributed by atoms with Crippen molar-refractivity contribution < 1.29 is 19.1 Å². The molecule has 4 aromatic heterocycles. The second-order valence-electron chi connectivity index (χ2n) is 10.2. The SMILES string of the molecule is O=C(OCC(=O)N1CCOCC1)c1cc(-c2cnc([C@@H]3CCc4nc(-c5cc(Cl)ccc5-n5cnnn5)cc(=O)n43)[nH]2)cs1. The zero-order chi connectivity index (χ0) is 30.2. The molecule has 0 radical (unpaired) electrons. The fourth-order valence-electron chi connectivity index (χ4n) is 5.37.